The molecule has 0 spiro atoms. The van der Waals surface area contributed by atoms with E-state index >= 15 is 0 Å². The van der Waals surface area contributed by atoms with Crippen LogP contribution < -0.4 is 5.32 Å². The molecule has 0 bridgehead atoms. The number of hydrogen-bond donors (Lipinski definition) is 1. The second-order valence-electron chi connectivity index (χ2n) is 3.79. The lowest BCUT2D eigenvalue weighted by molar-refractivity contribution is 0.102. The van der Waals surface area contributed by atoms with Crippen molar-refractivity contribution in [3.05, 3.63) is 58.1 Å². The standard InChI is InChI=1S/C13H10BrFN2O/c1-8-2-3-10(14)12(6-8)17-13(18)9-4-5-16-7-11(9)15/h2-7H,1H3,(H,17,18). The van der Waals surface area contributed by atoms with Crippen molar-refractivity contribution >= 4 is 27.5 Å². The molecule has 0 radical (unpaired) electrons. The Morgan fingerprint density at radius 3 is 2.89 bits per heavy atom. The highest BCUT2D eigenvalue weighted by Gasteiger charge is 2.12. The summed E-state index contributed by atoms with van der Waals surface area (Å²) in [4.78, 5) is 15.5. The van der Waals surface area contributed by atoms with Crippen molar-refractivity contribution in [3.8, 4) is 0 Å². The summed E-state index contributed by atoms with van der Waals surface area (Å²) in [5.41, 5.74) is 1.58. The van der Waals surface area contributed by atoms with Crippen LogP contribution in [0.15, 0.2) is 41.1 Å². The van der Waals surface area contributed by atoms with E-state index in [1.165, 1.54) is 12.3 Å². The summed E-state index contributed by atoms with van der Waals surface area (Å²) >= 11 is 3.33. The average Bonchev–Trinajstić information content (AvgIpc) is 2.34. The van der Waals surface area contributed by atoms with E-state index in [2.05, 4.69) is 26.2 Å². The summed E-state index contributed by atoms with van der Waals surface area (Å²) < 4.78 is 14.1. The lowest BCUT2D eigenvalue weighted by Gasteiger charge is -2.08. The fourth-order valence-electron chi connectivity index (χ4n) is 1.48. The van der Waals surface area contributed by atoms with Gasteiger partial charge in [-0.15, -0.1) is 0 Å². The number of carbonyl (C=O) groups excluding carboxylic acids is 1. The summed E-state index contributed by atoms with van der Waals surface area (Å²) in [5.74, 6) is -1.14. The second-order valence-corrected chi connectivity index (χ2v) is 4.65. The van der Waals surface area contributed by atoms with Gasteiger partial charge in [-0.25, -0.2) is 4.39 Å². The Morgan fingerprint density at radius 2 is 2.17 bits per heavy atom. The third-order valence-corrected chi connectivity index (χ3v) is 3.08. The van der Waals surface area contributed by atoms with Crippen molar-refractivity contribution in [1.29, 1.82) is 0 Å². The summed E-state index contributed by atoms with van der Waals surface area (Å²) in [6.45, 7) is 1.91. The fourth-order valence-corrected chi connectivity index (χ4v) is 1.83. The van der Waals surface area contributed by atoms with E-state index in [1.807, 2.05) is 19.1 Å². The maximum Gasteiger partial charge on any atom is 0.258 e. The van der Waals surface area contributed by atoms with Crippen LogP contribution in [0.1, 0.15) is 15.9 Å². The Morgan fingerprint density at radius 1 is 1.39 bits per heavy atom. The molecule has 0 unspecified atom stereocenters. The quantitative estimate of drug-likeness (QED) is 0.922. The lowest BCUT2D eigenvalue weighted by atomic mass is 10.2. The number of halogens is 2. The normalized spacial score (nSPS) is 10.2. The maximum absolute atomic E-state index is 13.4. The summed E-state index contributed by atoms with van der Waals surface area (Å²) in [6.07, 6.45) is 2.39. The number of carbonyl (C=O) groups is 1. The Hall–Kier alpha value is -1.75. The van der Waals surface area contributed by atoms with E-state index < -0.39 is 11.7 Å². The highest BCUT2D eigenvalue weighted by atomic mass is 79.9. The van der Waals surface area contributed by atoms with Crippen molar-refractivity contribution < 1.29 is 9.18 Å². The van der Waals surface area contributed by atoms with Gasteiger partial charge in [0.25, 0.3) is 5.91 Å². The number of hydrogen-bond acceptors (Lipinski definition) is 2. The van der Waals surface area contributed by atoms with Crippen LogP contribution in [-0.2, 0) is 0 Å². The molecule has 0 aliphatic heterocycles. The smallest absolute Gasteiger partial charge is 0.258 e. The number of anilines is 1. The molecule has 1 N–H and O–H groups in total. The molecule has 2 rings (SSSR count). The zero-order valence-electron chi connectivity index (χ0n) is 9.58. The molecule has 0 fully saturated rings. The molecule has 92 valence electrons. The summed E-state index contributed by atoms with van der Waals surface area (Å²) in [7, 11) is 0. The molecule has 0 aliphatic rings. The third-order valence-electron chi connectivity index (χ3n) is 2.39. The molecule has 3 nitrogen and oxygen atoms in total. The summed E-state index contributed by atoms with van der Waals surface area (Å²) in [6, 6.07) is 6.88. The van der Waals surface area contributed by atoms with Crippen LogP contribution in [0, 0.1) is 12.7 Å². The van der Waals surface area contributed by atoms with Gasteiger partial charge in [0.2, 0.25) is 0 Å². The zero-order valence-corrected chi connectivity index (χ0v) is 11.2. The van der Waals surface area contributed by atoms with E-state index in [0.717, 1.165) is 16.2 Å². The minimum Gasteiger partial charge on any atom is -0.321 e. The number of aryl methyl sites for hydroxylation is 1. The Bertz CT molecular complexity index is 601. The number of nitrogens with zero attached hydrogens (tertiary/aromatic N) is 1. The predicted octanol–water partition coefficient (Wildman–Crippen LogP) is 3.54. The maximum atomic E-state index is 13.4. The van der Waals surface area contributed by atoms with Crippen LogP contribution >= 0.6 is 15.9 Å². The molecule has 1 aromatic heterocycles. The molecule has 1 aromatic carbocycles. The van der Waals surface area contributed by atoms with Gasteiger partial charge >= 0.3 is 0 Å². The van der Waals surface area contributed by atoms with Crippen LogP contribution in [0.5, 0.6) is 0 Å². The van der Waals surface area contributed by atoms with E-state index in [9.17, 15) is 9.18 Å². The van der Waals surface area contributed by atoms with Gasteiger partial charge in [-0.2, -0.15) is 0 Å². The minimum absolute atomic E-state index is 0.0293. The topological polar surface area (TPSA) is 42.0 Å². The fraction of sp³-hybridized carbons (Fsp3) is 0.0769. The van der Waals surface area contributed by atoms with Gasteiger partial charge in [-0.3, -0.25) is 9.78 Å². The zero-order chi connectivity index (χ0) is 13.1. The highest BCUT2D eigenvalue weighted by Crippen LogP contribution is 2.24. The van der Waals surface area contributed by atoms with Gasteiger partial charge in [-0.1, -0.05) is 6.07 Å². The van der Waals surface area contributed by atoms with E-state index in [0.29, 0.717) is 5.69 Å². The van der Waals surface area contributed by atoms with Gasteiger partial charge in [0.1, 0.15) is 0 Å². The monoisotopic (exact) mass is 308 g/mol. The lowest BCUT2D eigenvalue weighted by Crippen LogP contribution is -2.14. The third kappa shape index (κ3) is 2.73. The molecule has 5 heteroatoms. The van der Waals surface area contributed by atoms with Crippen molar-refractivity contribution in [2.45, 2.75) is 6.92 Å². The molecule has 1 heterocycles. The number of benzene rings is 1. The van der Waals surface area contributed by atoms with Crippen LogP contribution in [-0.4, -0.2) is 10.9 Å². The predicted molar refractivity (Wildman–Crippen MR) is 71.0 cm³/mol. The van der Waals surface area contributed by atoms with Crippen LogP contribution in [0.3, 0.4) is 0 Å². The first-order chi connectivity index (χ1) is 8.58. The summed E-state index contributed by atoms with van der Waals surface area (Å²) in [5, 5.41) is 2.65. The van der Waals surface area contributed by atoms with E-state index in [4.69, 9.17) is 0 Å². The Kier molecular flexibility index (Phi) is 3.72. The molecule has 0 atom stereocenters. The highest BCUT2D eigenvalue weighted by molar-refractivity contribution is 9.10. The number of aromatic nitrogens is 1. The van der Waals surface area contributed by atoms with Crippen LogP contribution in [0.4, 0.5) is 10.1 Å². The Balaban J connectivity index is 2.27. The second kappa shape index (κ2) is 5.27. The molecule has 0 saturated heterocycles. The minimum atomic E-state index is -0.640. The molecule has 0 saturated carbocycles. The van der Waals surface area contributed by atoms with E-state index in [1.54, 1.807) is 6.07 Å². The largest absolute Gasteiger partial charge is 0.321 e. The van der Waals surface area contributed by atoms with Crippen molar-refractivity contribution in [3.63, 3.8) is 0 Å². The molecule has 0 aliphatic carbocycles. The van der Waals surface area contributed by atoms with Gasteiger partial charge in [0.15, 0.2) is 5.82 Å². The van der Waals surface area contributed by atoms with Gasteiger partial charge in [0, 0.05) is 10.7 Å². The van der Waals surface area contributed by atoms with Crippen molar-refractivity contribution in [1.82, 2.24) is 4.98 Å². The average molecular weight is 309 g/mol. The Labute approximate surface area is 112 Å². The van der Waals surface area contributed by atoms with E-state index in [-0.39, 0.29) is 5.56 Å². The number of amides is 1. The number of rotatable bonds is 2. The van der Waals surface area contributed by atoms with Gasteiger partial charge in [-0.05, 0) is 46.6 Å². The van der Waals surface area contributed by atoms with Crippen molar-refractivity contribution in [2.24, 2.45) is 0 Å². The molecule has 18 heavy (non-hydrogen) atoms. The SMILES string of the molecule is Cc1ccc(Br)c(NC(=O)c2ccncc2F)c1. The van der Waals surface area contributed by atoms with Gasteiger partial charge in [0.05, 0.1) is 17.4 Å². The van der Waals surface area contributed by atoms with Gasteiger partial charge < -0.3 is 5.32 Å². The first kappa shape index (κ1) is 12.7. The molecular weight excluding hydrogens is 299 g/mol. The molecule has 1 amide bonds. The molecular formula is C13H10BrFN2O. The van der Waals surface area contributed by atoms with Crippen LogP contribution in [0.25, 0.3) is 0 Å². The van der Waals surface area contributed by atoms with Crippen molar-refractivity contribution in [2.75, 3.05) is 5.32 Å². The first-order valence-electron chi connectivity index (χ1n) is 5.25. The molecule has 2 aromatic rings. The number of nitrogens with one attached hydrogen (secondary N) is 1. The van der Waals surface area contributed by atoms with Crippen LogP contribution in [0.2, 0.25) is 0 Å². The first-order valence-corrected chi connectivity index (χ1v) is 6.04. The number of pyridine rings is 1.